The van der Waals surface area contributed by atoms with E-state index in [2.05, 4.69) is 0 Å². The first-order valence-corrected chi connectivity index (χ1v) is 8.67. The van der Waals surface area contributed by atoms with Crippen LogP contribution in [-0.2, 0) is 16.1 Å². The zero-order valence-electron chi connectivity index (χ0n) is 15.4. The second kappa shape index (κ2) is 7.97. The zero-order valence-corrected chi connectivity index (χ0v) is 15.4. The maximum absolute atomic E-state index is 12.5. The summed E-state index contributed by atoms with van der Waals surface area (Å²) in [5, 5.41) is 11.7. The van der Waals surface area contributed by atoms with Gasteiger partial charge in [-0.25, -0.2) is 4.79 Å². The van der Waals surface area contributed by atoms with Crippen LogP contribution in [0, 0.1) is 0 Å². The van der Waals surface area contributed by atoms with Crippen molar-refractivity contribution in [2.24, 2.45) is 0 Å². The lowest BCUT2D eigenvalue weighted by atomic mass is 9.95. The summed E-state index contributed by atoms with van der Waals surface area (Å²) < 4.78 is 5.44. The van der Waals surface area contributed by atoms with Gasteiger partial charge in [-0.3, -0.25) is 9.69 Å². The highest BCUT2D eigenvalue weighted by atomic mass is 16.6. The number of carbonyl (C=O) groups is 2. The van der Waals surface area contributed by atoms with Crippen molar-refractivity contribution in [3.05, 3.63) is 35.9 Å². The number of nitrogens with zero attached hydrogens (tertiary/aromatic N) is 2. The van der Waals surface area contributed by atoms with Crippen molar-refractivity contribution in [3.63, 3.8) is 0 Å². The van der Waals surface area contributed by atoms with Gasteiger partial charge in [0.2, 0.25) is 0 Å². The highest BCUT2D eigenvalue weighted by molar-refractivity contribution is 5.85. The van der Waals surface area contributed by atoms with Crippen molar-refractivity contribution in [2.45, 2.75) is 64.8 Å². The maximum atomic E-state index is 12.5. The number of carbonyl (C=O) groups excluding carboxylic acids is 2. The Balaban J connectivity index is 2.07. The number of ether oxygens (including phenoxy) is 1. The number of hydrogen-bond donors (Lipinski definition) is 1. The molecule has 0 aromatic heterocycles. The molecular formula is C19H28N2O4. The molecule has 6 heteroatoms. The Morgan fingerprint density at radius 2 is 1.88 bits per heavy atom. The van der Waals surface area contributed by atoms with E-state index in [0.717, 1.165) is 5.56 Å². The summed E-state index contributed by atoms with van der Waals surface area (Å²) in [5.74, 6) is -0.0585. The lowest BCUT2D eigenvalue weighted by molar-refractivity contribution is -0.155. The van der Waals surface area contributed by atoms with Crippen molar-refractivity contribution >= 4 is 11.9 Å². The first-order chi connectivity index (χ1) is 11.7. The molecule has 0 unspecified atom stereocenters. The van der Waals surface area contributed by atoms with Gasteiger partial charge in [0.15, 0.2) is 5.78 Å². The third-order valence-electron chi connectivity index (χ3n) is 4.26. The van der Waals surface area contributed by atoms with Gasteiger partial charge in [0.25, 0.3) is 0 Å². The molecule has 1 aliphatic rings. The van der Waals surface area contributed by atoms with E-state index in [1.807, 2.05) is 30.3 Å². The van der Waals surface area contributed by atoms with Crippen molar-refractivity contribution in [1.29, 1.82) is 0 Å². The zero-order chi connectivity index (χ0) is 18.6. The van der Waals surface area contributed by atoms with E-state index >= 15 is 0 Å². The SMILES string of the molecule is CC(=O)[C@@H]1CC[C@@H](N(O)Cc2ccccc2)CN1C(=O)OC(C)(C)C. The van der Waals surface area contributed by atoms with Crippen LogP contribution in [0.5, 0.6) is 0 Å². The molecule has 1 amide bonds. The second-order valence-corrected chi connectivity index (χ2v) is 7.57. The summed E-state index contributed by atoms with van der Waals surface area (Å²) in [4.78, 5) is 25.9. The van der Waals surface area contributed by atoms with Crippen LogP contribution in [0.2, 0.25) is 0 Å². The number of likely N-dealkylation sites (tertiary alicyclic amines) is 1. The molecule has 1 aromatic rings. The Bertz CT molecular complexity index is 597. The van der Waals surface area contributed by atoms with Gasteiger partial charge >= 0.3 is 6.09 Å². The van der Waals surface area contributed by atoms with Crippen LogP contribution in [0.25, 0.3) is 0 Å². The molecule has 2 atom stereocenters. The van der Waals surface area contributed by atoms with Crippen molar-refractivity contribution in [3.8, 4) is 0 Å². The minimum Gasteiger partial charge on any atom is -0.444 e. The quantitative estimate of drug-likeness (QED) is 0.846. The lowest BCUT2D eigenvalue weighted by Crippen LogP contribution is -2.56. The molecule has 0 radical (unpaired) electrons. The van der Waals surface area contributed by atoms with E-state index in [9.17, 15) is 14.8 Å². The number of benzene rings is 1. The predicted octanol–water partition coefficient (Wildman–Crippen LogP) is 3.23. The average Bonchev–Trinajstić information content (AvgIpc) is 2.53. The van der Waals surface area contributed by atoms with E-state index in [-0.39, 0.29) is 18.4 Å². The highest BCUT2D eigenvalue weighted by Gasteiger charge is 2.38. The molecule has 1 fully saturated rings. The van der Waals surface area contributed by atoms with Crippen molar-refractivity contribution in [2.75, 3.05) is 6.54 Å². The molecule has 138 valence electrons. The molecule has 2 rings (SSSR count). The minimum atomic E-state index is -0.631. The van der Waals surface area contributed by atoms with Crippen LogP contribution < -0.4 is 0 Å². The van der Waals surface area contributed by atoms with E-state index in [0.29, 0.717) is 19.4 Å². The van der Waals surface area contributed by atoms with E-state index in [4.69, 9.17) is 4.74 Å². The Labute approximate surface area is 149 Å². The fraction of sp³-hybridized carbons (Fsp3) is 0.579. The molecule has 6 nitrogen and oxygen atoms in total. The maximum Gasteiger partial charge on any atom is 0.410 e. The molecule has 25 heavy (non-hydrogen) atoms. The number of rotatable bonds is 4. The van der Waals surface area contributed by atoms with Gasteiger partial charge in [0.05, 0.1) is 12.1 Å². The van der Waals surface area contributed by atoms with Gasteiger partial charge in [0.1, 0.15) is 5.60 Å². The topological polar surface area (TPSA) is 70.1 Å². The third kappa shape index (κ3) is 5.54. The van der Waals surface area contributed by atoms with Crippen LogP contribution in [0.15, 0.2) is 30.3 Å². The normalized spacial score (nSPS) is 21.3. The van der Waals surface area contributed by atoms with Gasteiger partial charge in [-0.2, -0.15) is 5.06 Å². The molecule has 1 aromatic carbocycles. The van der Waals surface area contributed by atoms with E-state index in [1.54, 1.807) is 20.8 Å². The van der Waals surface area contributed by atoms with Gasteiger partial charge < -0.3 is 9.94 Å². The number of hydrogen-bond acceptors (Lipinski definition) is 5. The monoisotopic (exact) mass is 348 g/mol. The Kier molecular flexibility index (Phi) is 6.19. The molecule has 1 heterocycles. The molecule has 0 spiro atoms. The third-order valence-corrected chi connectivity index (χ3v) is 4.26. The summed E-state index contributed by atoms with van der Waals surface area (Å²) in [6, 6.07) is 8.92. The molecule has 1 aliphatic heterocycles. The summed E-state index contributed by atoms with van der Waals surface area (Å²) in [6.45, 7) is 7.51. The lowest BCUT2D eigenvalue weighted by Gasteiger charge is -2.41. The minimum absolute atomic E-state index is 0.0585. The van der Waals surface area contributed by atoms with Crippen molar-refractivity contribution < 1.29 is 19.5 Å². The van der Waals surface area contributed by atoms with Gasteiger partial charge in [-0.1, -0.05) is 30.3 Å². The highest BCUT2D eigenvalue weighted by Crippen LogP contribution is 2.24. The largest absolute Gasteiger partial charge is 0.444 e. The van der Waals surface area contributed by atoms with Crippen LogP contribution >= 0.6 is 0 Å². The number of ketones is 1. The van der Waals surface area contributed by atoms with Crippen LogP contribution in [0.4, 0.5) is 4.79 Å². The van der Waals surface area contributed by atoms with Gasteiger partial charge in [-0.15, -0.1) is 0 Å². The number of piperidine rings is 1. The van der Waals surface area contributed by atoms with E-state index in [1.165, 1.54) is 16.9 Å². The predicted molar refractivity (Wildman–Crippen MR) is 94.2 cm³/mol. The van der Waals surface area contributed by atoms with Crippen molar-refractivity contribution in [1.82, 2.24) is 9.96 Å². The fourth-order valence-electron chi connectivity index (χ4n) is 3.04. The average molecular weight is 348 g/mol. The summed E-state index contributed by atoms with van der Waals surface area (Å²) in [6.07, 6.45) is 0.656. The van der Waals surface area contributed by atoms with Crippen LogP contribution in [0.3, 0.4) is 0 Å². The number of amides is 1. The first kappa shape index (κ1) is 19.4. The summed E-state index contributed by atoms with van der Waals surface area (Å²) in [7, 11) is 0. The number of hydroxylamine groups is 2. The molecular weight excluding hydrogens is 320 g/mol. The smallest absolute Gasteiger partial charge is 0.410 e. The Hall–Kier alpha value is -1.92. The molecule has 0 bridgehead atoms. The number of Topliss-reactive ketones (excluding diaryl/α,β-unsaturated/α-hetero) is 1. The summed E-state index contributed by atoms with van der Waals surface area (Å²) >= 11 is 0. The Morgan fingerprint density at radius 3 is 2.44 bits per heavy atom. The first-order valence-electron chi connectivity index (χ1n) is 8.67. The standard InChI is InChI=1S/C19H28N2O4/c1-14(22)17-11-10-16(13-20(17)18(23)25-19(2,3)4)21(24)12-15-8-6-5-7-9-15/h5-9,16-17,24H,10-13H2,1-4H3/t16-,17+/m1/s1. The molecule has 1 N–H and O–H groups in total. The van der Waals surface area contributed by atoms with Gasteiger partial charge in [-0.05, 0) is 46.1 Å². The van der Waals surface area contributed by atoms with Crippen LogP contribution in [-0.4, -0.2) is 51.3 Å². The fourth-order valence-corrected chi connectivity index (χ4v) is 3.04. The molecule has 1 saturated heterocycles. The molecule has 0 aliphatic carbocycles. The van der Waals surface area contributed by atoms with Crippen LogP contribution in [0.1, 0.15) is 46.1 Å². The van der Waals surface area contributed by atoms with E-state index < -0.39 is 17.7 Å². The Morgan fingerprint density at radius 1 is 1.24 bits per heavy atom. The molecule has 0 saturated carbocycles. The van der Waals surface area contributed by atoms with Gasteiger partial charge in [0, 0.05) is 13.1 Å². The second-order valence-electron chi connectivity index (χ2n) is 7.57. The summed E-state index contributed by atoms with van der Waals surface area (Å²) in [5.41, 5.74) is 0.358.